The van der Waals surface area contributed by atoms with Crippen molar-refractivity contribution >= 4 is 23.7 Å². The van der Waals surface area contributed by atoms with Crippen LogP contribution >= 0.6 is 0 Å². The second-order valence-corrected chi connectivity index (χ2v) is 7.16. The number of hydrogen-bond donors (Lipinski definition) is 0. The van der Waals surface area contributed by atoms with Gasteiger partial charge in [0.2, 0.25) is 0 Å². The van der Waals surface area contributed by atoms with Crippen LogP contribution in [0.1, 0.15) is 36.8 Å². The van der Waals surface area contributed by atoms with Gasteiger partial charge in [0.1, 0.15) is 11.6 Å². The van der Waals surface area contributed by atoms with Crippen LogP contribution in [-0.2, 0) is 9.59 Å². The largest absolute Gasteiger partial charge is 0.294 e. The molecule has 1 aliphatic rings. The van der Waals surface area contributed by atoms with Crippen molar-refractivity contribution in [3.8, 4) is 0 Å². The summed E-state index contributed by atoms with van der Waals surface area (Å²) in [6, 6.07) is 11.6. The molecule has 0 aromatic heterocycles. The Kier molecular flexibility index (Phi) is 6.64. The van der Waals surface area contributed by atoms with Crippen LogP contribution in [0.3, 0.4) is 0 Å². The lowest BCUT2D eigenvalue weighted by atomic mass is 9.76. The van der Waals surface area contributed by atoms with E-state index in [0.717, 1.165) is 19.3 Å². The predicted molar refractivity (Wildman–Crippen MR) is 106 cm³/mol. The van der Waals surface area contributed by atoms with Crippen LogP contribution in [0.15, 0.2) is 60.7 Å². The molecule has 1 aliphatic carbocycles. The lowest BCUT2D eigenvalue weighted by Gasteiger charge is -2.27. The molecule has 0 saturated heterocycles. The number of allylic oxidation sites excluding steroid dienone is 2. The summed E-state index contributed by atoms with van der Waals surface area (Å²) in [7, 11) is 0. The Morgan fingerprint density at radius 1 is 0.821 bits per heavy atom. The number of benzene rings is 2. The highest BCUT2D eigenvalue weighted by atomic mass is 19.1. The molecule has 0 heterocycles. The van der Waals surface area contributed by atoms with E-state index < -0.39 is 5.92 Å². The Morgan fingerprint density at radius 2 is 1.25 bits per heavy atom. The quantitative estimate of drug-likeness (QED) is 0.439. The normalized spacial score (nSPS) is 14.7. The number of ketones is 2. The topological polar surface area (TPSA) is 34.1 Å². The SMILES string of the molecule is O=C(/C=C/c1ccc(F)cc1)C(CC1CCC1)C(=O)/C=C/c1ccc(F)cc1. The lowest BCUT2D eigenvalue weighted by Crippen LogP contribution is -2.26. The maximum atomic E-state index is 13.0. The molecule has 0 amide bonds. The third-order valence-electron chi connectivity index (χ3n) is 5.10. The summed E-state index contributed by atoms with van der Waals surface area (Å²) in [6.07, 6.45) is 9.77. The van der Waals surface area contributed by atoms with Gasteiger partial charge in [0.15, 0.2) is 11.6 Å². The van der Waals surface area contributed by atoms with Gasteiger partial charge in [-0.15, -0.1) is 0 Å². The maximum Gasteiger partial charge on any atom is 0.166 e. The summed E-state index contributed by atoms with van der Waals surface area (Å²) in [6.45, 7) is 0. The van der Waals surface area contributed by atoms with Gasteiger partial charge in [0, 0.05) is 0 Å². The van der Waals surface area contributed by atoms with Crippen molar-refractivity contribution in [1.82, 2.24) is 0 Å². The molecular formula is C24H22F2O2. The standard InChI is InChI=1S/C24H22F2O2/c25-20-10-4-17(5-11-20)8-14-23(27)22(16-19-2-1-3-19)24(28)15-9-18-6-12-21(26)13-7-18/h4-15,19,22H,1-3,16H2/b14-8+,15-9+. The minimum atomic E-state index is -0.723. The second kappa shape index (κ2) is 9.36. The molecule has 2 aromatic carbocycles. The summed E-state index contributed by atoms with van der Waals surface area (Å²) < 4.78 is 26.0. The predicted octanol–water partition coefficient (Wildman–Crippen LogP) is 5.64. The van der Waals surface area contributed by atoms with Crippen LogP contribution in [0.5, 0.6) is 0 Å². The average Bonchev–Trinajstić information content (AvgIpc) is 2.66. The first-order chi connectivity index (χ1) is 13.5. The van der Waals surface area contributed by atoms with E-state index in [1.165, 1.54) is 36.4 Å². The van der Waals surface area contributed by atoms with Gasteiger partial charge in [-0.25, -0.2) is 8.78 Å². The molecule has 1 fully saturated rings. The van der Waals surface area contributed by atoms with E-state index in [1.54, 1.807) is 36.4 Å². The third-order valence-corrected chi connectivity index (χ3v) is 5.10. The minimum Gasteiger partial charge on any atom is -0.294 e. The van der Waals surface area contributed by atoms with E-state index in [2.05, 4.69) is 0 Å². The number of carbonyl (C=O) groups excluding carboxylic acids is 2. The van der Waals surface area contributed by atoms with E-state index in [0.29, 0.717) is 23.5 Å². The first kappa shape index (κ1) is 19.9. The Labute approximate surface area is 163 Å². The van der Waals surface area contributed by atoms with Gasteiger partial charge >= 0.3 is 0 Å². The molecule has 0 unspecified atom stereocenters. The van der Waals surface area contributed by atoms with Gasteiger partial charge in [-0.05, 0) is 59.9 Å². The fourth-order valence-corrected chi connectivity index (χ4v) is 3.17. The first-order valence-electron chi connectivity index (χ1n) is 9.46. The van der Waals surface area contributed by atoms with E-state index in [4.69, 9.17) is 0 Å². The van der Waals surface area contributed by atoms with Crippen LogP contribution in [0.25, 0.3) is 12.2 Å². The van der Waals surface area contributed by atoms with Crippen LogP contribution < -0.4 is 0 Å². The molecule has 0 bridgehead atoms. The highest BCUT2D eigenvalue weighted by Gasteiger charge is 2.29. The van der Waals surface area contributed by atoms with Crippen molar-refractivity contribution in [3.05, 3.63) is 83.4 Å². The molecule has 144 valence electrons. The zero-order valence-corrected chi connectivity index (χ0v) is 15.5. The fraction of sp³-hybridized carbons (Fsp3) is 0.250. The number of rotatable bonds is 8. The molecule has 3 rings (SSSR count). The average molecular weight is 380 g/mol. The fourth-order valence-electron chi connectivity index (χ4n) is 3.17. The number of halogens is 2. The van der Waals surface area contributed by atoms with Crippen molar-refractivity contribution < 1.29 is 18.4 Å². The van der Waals surface area contributed by atoms with E-state index in [-0.39, 0.29) is 23.2 Å². The zero-order chi connectivity index (χ0) is 19.9. The van der Waals surface area contributed by atoms with Crippen molar-refractivity contribution in [2.75, 3.05) is 0 Å². The van der Waals surface area contributed by atoms with Gasteiger partial charge in [-0.2, -0.15) is 0 Å². The monoisotopic (exact) mass is 380 g/mol. The molecule has 4 heteroatoms. The minimum absolute atomic E-state index is 0.245. The Balaban J connectivity index is 1.71. The van der Waals surface area contributed by atoms with Gasteiger partial charge in [0.25, 0.3) is 0 Å². The second-order valence-electron chi connectivity index (χ2n) is 7.16. The van der Waals surface area contributed by atoms with Crippen LogP contribution in [0.4, 0.5) is 8.78 Å². The van der Waals surface area contributed by atoms with Crippen molar-refractivity contribution in [1.29, 1.82) is 0 Å². The highest BCUT2D eigenvalue weighted by molar-refractivity contribution is 6.13. The molecule has 0 spiro atoms. The third kappa shape index (κ3) is 5.56. The van der Waals surface area contributed by atoms with E-state index >= 15 is 0 Å². The molecule has 2 nitrogen and oxygen atoms in total. The zero-order valence-electron chi connectivity index (χ0n) is 15.5. The number of carbonyl (C=O) groups is 2. The summed E-state index contributed by atoms with van der Waals surface area (Å²) >= 11 is 0. The maximum absolute atomic E-state index is 13.0. The first-order valence-corrected chi connectivity index (χ1v) is 9.46. The summed E-state index contributed by atoms with van der Waals surface area (Å²) in [5, 5.41) is 0. The lowest BCUT2D eigenvalue weighted by molar-refractivity contribution is -0.128. The van der Waals surface area contributed by atoms with Crippen LogP contribution in [-0.4, -0.2) is 11.6 Å². The van der Waals surface area contributed by atoms with E-state index in [9.17, 15) is 18.4 Å². The Bertz CT molecular complexity index is 808. The van der Waals surface area contributed by atoms with Gasteiger partial charge in [-0.3, -0.25) is 9.59 Å². The molecule has 0 aliphatic heterocycles. The molecule has 28 heavy (non-hydrogen) atoms. The van der Waals surface area contributed by atoms with Gasteiger partial charge < -0.3 is 0 Å². The molecular weight excluding hydrogens is 358 g/mol. The van der Waals surface area contributed by atoms with Crippen LogP contribution in [0.2, 0.25) is 0 Å². The van der Waals surface area contributed by atoms with Gasteiger partial charge in [0.05, 0.1) is 5.92 Å². The Hall–Kier alpha value is -2.88. The smallest absolute Gasteiger partial charge is 0.166 e. The van der Waals surface area contributed by atoms with Crippen molar-refractivity contribution in [2.24, 2.45) is 11.8 Å². The van der Waals surface area contributed by atoms with Crippen LogP contribution in [0, 0.1) is 23.5 Å². The summed E-state index contributed by atoms with van der Waals surface area (Å²) in [4.78, 5) is 25.4. The van der Waals surface area contributed by atoms with Gasteiger partial charge in [-0.1, -0.05) is 55.7 Å². The molecule has 0 atom stereocenters. The van der Waals surface area contributed by atoms with E-state index in [1.807, 2.05) is 0 Å². The highest BCUT2D eigenvalue weighted by Crippen LogP contribution is 2.33. The molecule has 2 aromatic rings. The summed E-state index contributed by atoms with van der Waals surface area (Å²) in [5.41, 5.74) is 1.40. The molecule has 1 saturated carbocycles. The Morgan fingerprint density at radius 3 is 1.61 bits per heavy atom. The summed E-state index contributed by atoms with van der Waals surface area (Å²) in [5.74, 6) is -1.50. The van der Waals surface area contributed by atoms with Crippen molar-refractivity contribution in [3.63, 3.8) is 0 Å². The number of hydrogen-bond acceptors (Lipinski definition) is 2. The molecule has 0 radical (unpaired) electrons. The van der Waals surface area contributed by atoms with Crippen molar-refractivity contribution in [2.45, 2.75) is 25.7 Å². The molecule has 0 N–H and O–H groups in total.